The van der Waals surface area contributed by atoms with Crippen LogP contribution in [0.15, 0.2) is 18.3 Å². The van der Waals surface area contributed by atoms with Crippen molar-refractivity contribution < 1.29 is 14.1 Å². The van der Waals surface area contributed by atoms with E-state index in [-0.39, 0.29) is 5.78 Å². The predicted octanol–water partition coefficient (Wildman–Crippen LogP) is 5.50. The van der Waals surface area contributed by atoms with Crippen LogP contribution in [0.2, 0.25) is 0 Å². The van der Waals surface area contributed by atoms with Crippen LogP contribution in [0.4, 0.5) is 0 Å². The summed E-state index contributed by atoms with van der Waals surface area (Å²) >= 11 is 0. The lowest BCUT2D eigenvalue weighted by Crippen LogP contribution is -2.38. The second-order valence-corrected chi connectivity index (χ2v) is 12.3. The number of imidazole rings is 1. The molecule has 4 rings (SSSR count). The van der Waals surface area contributed by atoms with E-state index in [1.165, 1.54) is 5.69 Å². The van der Waals surface area contributed by atoms with Gasteiger partial charge in [-0.3, -0.25) is 4.79 Å². The van der Waals surface area contributed by atoms with Gasteiger partial charge in [-0.2, -0.15) is 0 Å². The van der Waals surface area contributed by atoms with Gasteiger partial charge >= 0.3 is 5.95 Å². The molecule has 0 fully saturated rings. The standard InChI is InChI=1S/C25H32N3O2S2/c1-9-31-32-13-20-15(3)21(30-8)14(2)12-28(20)23-26-18-10-16-17(11-19(18)27-23)25(6,7)22(29)24(16,4)5/h10-12H,9,13H2,1-8H3,(H,26,27)/q+1. The summed E-state index contributed by atoms with van der Waals surface area (Å²) < 4.78 is 7.85. The number of methoxy groups -OCH3 is 1. The summed E-state index contributed by atoms with van der Waals surface area (Å²) in [4.78, 5) is 21.5. The van der Waals surface area contributed by atoms with E-state index in [2.05, 4.69) is 48.7 Å². The Bertz CT molecular complexity index is 1170. The van der Waals surface area contributed by atoms with Crippen molar-refractivity contribution in [3.05, 3.63) is 46.3 Å². The molecule has 2 heterocycles. The number of aromatic nitrogens is 3. The van der Waals surface area contributed by atoms with E-state index in [0.717, 1.165) is 56.5 Å². The number of nitrogens with zero attached hydrogens (tertiary/aromatic N) is 2. The number of nitrogens with one attached hydrogen (secondary N) is 1. The third-order valence-electron chi connectivity index (χ3n) is 6.66. The Balaban J connectivity index is 1.89. The highest BCUT2D eigenvalue weighted by molar-refractivity contribution is 8.76. The number of benzene rings is 1. The van der Waals surface area contributed by atoms with Crippen LogP contribution in [0.25, 0.3) is 17.0 Å². The highest BCUT2D eigenvalue weighted by Crippen LogP contribution is 2.47. The van der Waals surface area contributed by atoms with E-state index in [0.29, 0.717) is 0 Å². The predicted molar refractivity (Wildman–Crippen MR) is 134 cm³/mol. The van der Waals surface area contributed by atoms with Gasteiger partial charge in [-0.25, -0.2) is 9.55 Å². The lowest BCUT2D eigenvalue weighted by Gasteiger charge is -2.21. The number of aromatic amines is 1. The highest BCUT2D eigenvalue weighted by atomic mass is 33.1. The van der Waals surface area contributed by atoms with E-state index in [4.69, 9.17) is 9.72 Å². The number of hydrogen-bond acceptors (Lipinski definition) is 5. The molecule has 0 saturated heterocycles. The summed E-state index contributed by atoms with van der Waals surface area (Å²) in [7, 11) is 5.42. The average Bonchev–Trinajstić information content (AvgIpc) is 3.21. The summed E-state index contributed by atoms with van der Waals surface area (Å²) in [5, 5.41) is 0. The first kappa shape index (κ1) is 23.2. The molecule has 0 unspecified atom stereocenters. The third kappa shape index (κ3) is 3.45. The van der Waals surface area contributed by atoms with Crippen molar-refractivity contribution in [1.29, 1.82) is 0 Å². The molecule has 32 heavy (non-hydrogen) atoms. The first-order chi connectivity index (χ1) is 15.0. The number of aryl methyl sites for hydroxylation is 1. The molecule has 0 saturated carbocycles. The molecule has 1 aliphatic carbocycles. The van der Waals surface area contributed by atoms with Crippen molar-refractivity contribution in [2.24, 2.45) is 0 Å². The monoisotopic (exact) mass is 470 g/mol. The molecule has 5 nitrogen and oxygen atoms in total. The number of ether oxygens (including phenoxy) is 1. The van der Waals surface area contributed by atoms with Crippen molar-refractivity contribution >= 4 is 38.4 Å². The Labute approximate surface area is 198 Å². The molecule has 0 spiro atoms. The fourth-order valence-electron chi connectivity index (χ4n) is 5.02. The van der Waals surface area contributed by atoms with Gasteiger partial charge in [0.2, 0.25) is 0 Å². The largest absolute Gasteiger partial charge is 0.496 e. The smallest absolute Gasteiger partial charge is 0.402 e. The minimum Gasteiger partial charge on any atom is -0.496 e. The molecule has 0 bridgehead atoms. The normalized spacial score (nSPS) is 16.6. The second-order valence-electron chi connectivity index (χ2n) is 9.51. The van der Waals surface area contributed by atoms with Crippen molar-refractivity contribution in [3.8, 4) is 11.7 Å². The molecule has 2 aromatic heterocycles. The molecular formula is C25H32N3O2S2+. The van der Waals surface area contributed by atoms with Gasteiger partial charge in [-0.15, -0.1) is 0 Å². The van der Waals surface area contributed by atoms with Crippen LogP contribution in [0.1, 0.15) is 62.6 Å². The topological polar surface area (TPSA) is 58.9 Å². The zero-order valence-electron chi connectivity index (χ0n) is 20.2. The maximum Gasteiger partial charge on any atom is 0.402 e. The molecule has 0 radical (unpaired) electrons. The quantitative estimate of drug-likeness (QED) is 0.293. The van der Waals surface area contributed by atoms with E-state index >= 15 is 0 Å². The maximum atomic E-state index is 13.0. The number of Topliss-reactive ketones (excluding diaryl/α,β-unsaturated/α-hetero) is 1. The first-order valence-electron chi connectivity index (χ1n) is 11.0. The van der Waals surface area contributed by atoms with Gasteiger partial charge in [0, 0.05) is 27.7 Å². The fraction of sp³-hybridized carbons (Fsp3) is 0.480. The van der Waals surface area contributed by atoms with Gasteiger partial charge in [0.15, 0.2) is 11.3 Å². The zero-order valence-corrected chi connectivity index (χ0v) is 21.8. The third-order valence-corrected chi connectivity index (χ3v) is 9.02. The maximum absolute atomic E-state index is 13.0. The number of rotatable bonds is 6. The molecule has 0 atom stereocenters. The Morgan fingerprint density at radius 3 is 2.38 bits per heavy atom. The van der Waals surface area contributed by atoms with Gasteiger partial charge in [0.1, 0.15) is 17.0 Å². The second kappa shape index (κ2) is 8.10. The summed E-state index contributed by atoms with van der Waals surface area (Å²) in [6.07, 6.45) is 2.10. The van der Waals surface area contributed by atoms with Crippen LogP contribution in [0.5, 0.6) is 5.75 Å². The molecular weight excluding hydrogens is 438 g/mol. The Hall–Kier alpha value is -1.99. The summed E-state index contributed by atoms with van der Waals surface area (Å²) in [6.45, 7) is 14.4. The highest BCUT2D eigenvalue weighted by Gasteiger charge is 2.50. The molecule has 3 aromatic rings. The first-order valence-corrected chi connectivity index (χ1v) is 13.5. The Morgan fingerprint density at radius 2 is 1.75 bits per heavy atom. The van der Waals surface area contributed by atoms with Gasteiger partial charge < -0.3 is 4.74 Å². The number of ketones is 1. The average molecular weight is 471 g/mol. The minimum absolute atomic E-state index is 0.261. The molecule has 0 amide bonds. The molecule has 1 aliphatic rings. The van der Waals surface area contributed by atoms with E-state index in [1.54, 1.807) is 7.11 Å². The van der Waals surface area contributed by atoms with Crippen molar-refractivity contribution in [2.45, 2.75) is 65.0 Å². The van der Waals surface area contributed by atoms with Crippen LogP contribution >= 0.6 is 21.6 Å². The summed E-state index contributed by atoms with van der Waals surface area (Å²) in [5.74, 6) is 3.89. The van der Waals surface area contributed by atoms with E-state index in [9.17, 15) is 4.79 Å². The van der Waals surface area contributed by atoms with Crippen molar-refractivity contribution in [3.63, 3.8) is 0 Å². The van der Waals surface area contributed by atoms with Crippen LogP contribution in [0, 0.1) is 13.8 Å². The van der Waals surface area contributed by atoms with Gasteiger partial charge in [-0.05, 0) is 64.8 Å². The van der Waals surface area contributed by atoms with E-state index < -0.39 is 10.8 Å². The van der Waals surface area contributed by atoms with Gasteiger partial charge in [0.25, 0.3) is 0 Å². The Morgan fingerprint density at radius 1 is 1.09 bits per heavy atom. The number of H-pyrrole nitrogens is 1. The van der Waals surface area contributed by atoms with Crippen LogP contribution in [0.3, 0.4) is 0 Å². The summed E-state index contributed by atoms with van der Waals surface area (Å²) in [5.41, 5.74) is 6.38. The molecule has 1 aromatic carbocycles. The number of carbonyl (C=O) groups is 1. The summed E-state index contributed by atoms with van der Waals surface area (Å²) in [6, 6.07) is 4.22. The minimum atomic E-state index is -0.508. The van der Waals surface area contributed by atoms with Crippen molar-refractivity contribution in [1.82, 2.24) is 9.97 Å². The SMILES string of the molecule is CCSSCc1c(C)c(OC)c(C)c[n+]1-c1nc2cc3c(cc2[nH]1)C(C)(C)C(=O)C3(C)C. The lowest BCUT2D eigenvalue weighted by molar-refractivity contribution is -0.611. The van der Waals surface area contributed by atoms with Gasteiger partial charge in [0.05, 0.1) is 19.1 Å². The molecule has 0 aliphatic heterocycles. The number of carbonyl (C=O) groups excluding carboxylic acids is 1. The molecule has 170 valence electrons. The fourth-order valence-corrected chi connectivity index (χ4v) is 6.82. The molecule has 7 heteroatoms. The lowest BCUT2D eigenvalue weighted by atomic mass is 9.80. The van der Waals surface area contributed by atoms with Crippen LogP contribution in [-0.4, -0.2) is 28.6 Å². The van der Waals surface area contributed by atoms with Gasteiger partial charge in [-0.1, -0.05) is 33.5 Å². The van der Waals surface area contributed by atoms with E-state index in [1.807, 2.05) is 49.3 Å². The molecule has 1 N–H and O–H groups in total. The number of hydrogen-bond donors (Lipinski definition) is 1. The zero-order chi connectivity index (χ0) is 23.4. The van der Waals surface area contributed by atoms with Crippen molar-refractivity contribution in [2.75, 3.05) is 12.9 Å². The number of fused-ring (bicyclic) bond motifs is 2. The number of pyridine rings is 1. The Kier molecular flexibility index (Phi) is 5.87. The van der Waals surface area contributed by atoms with Crippen LogP contribution < -0.4 is 9.30 Å². The van der Waals surface area contributed by atoms with Crippen LogP contribution in [-0.2, 0) is 21.4 Å².